The summed E-state index contributed by atoms with van der Waals surface area (Å²) in [6.45, 7) is 4.53. The average molecular weight is 211 g/mol. The summed E-state index contributed by atoms with van der Waals surface area (Å²) in [5.41, 5.74) is 0. The van der Waals surface area contributed by atoms with Crippen LogP contribution in [0.15, 0.2) is 0 Å². The number of esters is 1. The predicted octanol–water partition coefficient (Wildman–Crippen LogP) is 0.603. The third kappa shape index (κ3) is 2.56. The number of rotatable bonds is 3. The van der Waals surface area contributed by atoms with E-state index in [1.807, 2.05) is 0 Å². The molecule has 3 fully saturated rings. The lowest BCUT2D eigenvalue weighted by molar-refractivity contribution is -0.159. The summed E-state index contributed by atoms with van der Waals surface area (Å²) in [5, 5.41) is 0. The van der Waals surface area contributed by atoms with Gasteiger partial charge in [0.15, 0.2) is 0 Å². The molecule has 0 aromatic heterocycles. The summed E-state index contributed by atoms with van der Waals surface area (Å²) in [7, 11) is 0. The van der Waals surface area contributed by atoms with E-state index in [0.29, 0.717) is 5.92 Å². The lowest BCUT2D eigenvalue weighted by Gasteiger charge is -2.43. The Kier molecular flexibility index (Phi) is 3.05. The van der Waals surface area contributed by atoms with Crippen molar-refractivity contribution in [2.45, 2.75) is 32.3 Å². The number of hydrogen-bond donors (Lipinski definition) is 0. The Morgan fingerprint density at radius 1 is 1.33 bits per heavy atom. The summed E-state index contributed by atoms with van der Waals surface area (Å²) < 4.78 is 5.33. The molecular formula is C11H17NO3. The summed E-state index contributed by atoms with van der Waals surface area (Å²) in [6.07, 6.45) is 2.19. The van der Waals surface area contributed by atoms with Crippen molar-refractivity contribution in [3.05, 3.63) is 0 Å². The maximum atomic E-state index is 11.3. The molecule has 15 heavy (non-hydrogen) atoms. The number of Topliss-reactive ketones (excluding diaryl/α,β-unsaturated/α-hetero) is 1. The second-order valence-corrected chi connectivity index (χ2v) is 4.55. The first kappa shape index (κ1) is 10.6. The number of ether oxygens (including phenoxy) is 1. The van der Waals surface area contributed by atoms with Gasteiger partial charge < -0.3 is 4.74 Å². The highest BCUT2D eigenvalue weighted by Crippen LogP contribution is 2.29. The smallest absolute Gasteiger partial charge is 0.313 e. The van der Waals surface area contributed by atoms with E-state index in [0.717, 1.165) is 32.5 Å². The molecule has 3 rings (SSSR count). The SMILES string of the molecule is CC(=O)CC(=O)OC1CN2CCC1CC2. The number of piperidine rings is 3. The van der Waals surface area contributed by atoms with E-state index < -0.39 is 0 Å². The molecule has 0 amide bonds. The van der Waals surface area contributed by atoms with Crippen LogP contribution in [0.25, 0.3) is 0 Å². The first-order chi connectivity index (χ1) is 7.15. The molecule has 84 valence electrons. The molecule has 0 saturated carbocycles. The fourth-order valence-corrected chi connectivity index (χ4v) is 2.46. The monoisotopic (exact) mass is 211 g/mol. The van der Waals surface area contributed by atoms with Crippen LogP contribution in [0.4, 0.5) is 0 Å². The van der Waals surface area contributed by atoms with Crippen LogP contribution >= 0.6 is 0 Å². The highest BCUT2D eigenvalue weighted by molar-refractivity contribution is 5.94. The van der Waals surface area contributed by atoms with Crippen LogP contribution in [0.3, 0.4) is 0 Å². The van der Waals surface area contributed by atoms with Gasteiger partial charge in [-0.15, -0.1) is 0 Å². The lowest BCUT2D eigenvalue weighted by atomic mass is 9.86. The molecule has 0 aromatic carbocycles. The summed E-state index contributed by atoms with van der Waals surface area (Å²) >= 11 is 0. The van der Waals surface area contributed by atoms with Gasteiger partial charge in [0.25, 0.3) is 0 Å². The average Bonchev–Trinajstić information content (AvgIpc) is 2.17. The molecule has 4 nitrogen and oxygen atoms in total. The molecule has 2 bridgehead atoms. The molecule has 3 heterocycles. The van der Waals surface area contributed by atoms with E-state index in [-0.39, 0.29) is 24.3 Å². The van der Waals surface area contributed by atoms with Crippen LogP contribution in [0.5, 0.6) is 0 Å². The fraction of sp³-hybridized carbons (Fsp3) is 0.818. The van der Waals surface area contributed by atoms with Crippen molar-refractivity contribution in [1.82, 2.24) is 4.90 Å². The van der Waals surface area contributed by atoms with Gasteiger partial charge in [0.1, 0.15) is 18.3 Å². The molecule has 3 aliphatic rings. The molecule has 1 unspecified atom stereocenters. The molecule has 0 N–H and O–H groups in total. The first-order valence-corrected chi connectivity index (χ1v) is 5.56. The van der Waals surface area contributed by atoms with Crippen molar-refractivity contribution in [2.75, 3.05) is 19.6 Å². The molecule has 4 heteroatoms. The van der Waals surface area contributed by atoms with Crippen molar-refractivity contribution in [3.63, 3.8) is 0 Å². The van der Waals surface area contributed by atoms with Crippen molar-refractivity contribution >= 4 is 11.8 Å². The standard InChI is InChI=1S/C11H17NO3/c1-8(13)6-11(14)15-10-7-12-4-2-9(10)3-5-12/h9-10H,2-7H2,1H3. The van der Waals surface area contributed by atoms with E-state index >= 15 is 0 Å². The van der Waals surface area contributed by atoms with Gasteiger partial charge in [-0.3, -0.25) is 14.5 Å². The maximum absolute atomic E-state index is 11.3. The van der Waals surface area contributed by atoms with Crippen molar-refractivity contribution < 1.29 is 14.3 Å². The van der Waals surface area contributed by atoms with E-state index in [4.69, 9.17) is 4.74 Å². The van der Waals surface area contributed by atoms with Crippen molar-refractivity contribution in [2.24, 2.45) is 5.92 Å². The molecule has 3 aliphatic heterocycles. The molecule has 1 atom stereocenters. The Hall–Kier alpha value is -0.900. The fourth-order valence-electron chi connectivity index (χ4n) is 2.46. The third-order valence-corrected chi connectivity index (χ3v) is 3.27. The maximum Gasteiger partial charge on any atom is 0.313 e. The number of carbonyl (C=O) groups excluding carboxylic acids is 2. The van der Waals surface area contributed by atoms with Gasteiger partial charge in [-0.25, -0.2) is 0 Å². The Balaban J connectivity index is 1.84. The number of carbonyl (C=O) groups is 2. The topological polar surface area (TPSA) is 46.6 Å². The zero-order valence-electron chi connectivity index (χ0n) is 9.07. The van der Waals surface area contributed by atoms with Crippen LogP contribution in [0.2, 0.25) is 0 Å². The Bertz CT molecular complexity index is 269. The lowest BCUT2D eigenvalue weighted by Crippen LogP contribution is -2.52. The van der Waals surface area contributed by atoms with Crippen LogP contribution in [0, 0.1) is 5.92 Å². The predicted molar refractivity (Wildman–Crippen MR) is 54.3 cm³/mol. The van der Waals surface area contributed by atoms with Crippen molar-refractivity contribution in [3.8, 4) is 0 Å². The number of ketones is 1. The molecule has 0 radical (unpaired) electrons. The van der Waals surface area contributed by atoms with E-state index in [1.165, 1.54) is 6.92 Å². The van der Waals surface area contributed by atoms with Crippen LogP contribution < -0.4 is 0 Å². The second-order valence-electron chi connectivity index (χ2n) is 4.55. The number of hydrogen-bond acceptors (Lipinski definition) is 4. The van der Waals surface area contributed by atoms with E-state index in [9.17, 15) is 9.59 Å². The largest absolute Gasteiger partial charge is 0.460 e. The zero-order valence-corrected chi connectivity index (χ0v) is 9.07. The van der Waals surface area contributed by atoms with Gasteiger partial charge >= 0.3 is 5.97 Å². The molecule has 0 spiro atoms. The molecule has 0 aromatic rings. The Morgan fingerprint density at radius 3 is 2.47 bits per heavy atom. The third-order valence-electron chi connectivity index (χ3n) is 3.27. The van der Waals surface area contributed by atoms with Crippen LogP contribution in [-0.2, 0) is 14.3 Å². The van der Waals surface area contributed by atoms with Gasteiger partial charge in [-0.2, -0.15) is 0 Å². The Labute approximate surface area is 89.6 Å². The molecule has 0 aliphatic carbocycles. The van der Waals surface area contributed by atoms with Gasteiger partial charge in [-0.05, 0) is 38.8 Å². The molecule has 3 saturated heterocycles. The minimum absolute atomic E-state index is 0.0272. The minimum atomic E-state index is -0.360. The van der Waals surface area contributed by atoms with Crippen LogP contribution in [0.1, 0.15) is 26.2 Å². The number of fused-ring (bicyclic) bond motifs is 3. The number of nitrogens with zero attached hydrogens (tertiary/aromatic N) is 1. The second kappa shape index (κ2) is 4.31. The molecular weight excluding hydrogens is 194 g/mol. The van der Waals surface area contributed by atoms with Crippen molar-refractivity contribution in [1.29, 1.82) is 0 Å². The summed E-state index contributed by atoms with van der Waals surface area (Å²) in [6, 6.07) is 0. The van der Waals surface area contributed by atoms with Gasteiger partial charge in [-0.1, -0.05) is 0 Å². The minimum Gasteiger partial charge on any atom is -0.460 e. The van der Waals surface area contributed by atoms with Gasteiger partial charge in [0, 0.05) is 6.54 Å². The van der Waals surface area contributed by atoms with Gasteiger partial charge in [0.2, 0.25) is 0 Å². The quantitative estimate of drug-likeness (QED) is 0.506. The highest BCUT2D eigenvalue weighted by atomic mass is 16.5. The summed E-state index contributed by atoms with van der Waals surface area (Å²) in [5.74, 6) is 0.0356. The highest BCUT2D eigenvalue weighted by Gasteiger charge is 2.36. The van der Waals surface area contributed by atoms with Crippen LogP contribution in [-0.4, -0.2) is 42.4 Å². The van der Waals surface area contributed by atoms with Gasteiger partial charge in [0.05, 0.1) is 0 Å². The Morgan fingerprint density at radius 2 is 2.00 bits per heavy atom. The summed E-state index contributed by atoms with van der Waals surface area (Å²) in [4.78, 5) is 24.4. The van der Waals surface area contributed by atoms with E-state index in [2.05, 4.69) is 4.90 Å². The zero-order chi connectivity index (χ0) is 10.8. The van der Waals surface area contributed by atoms with E-state index in [1.54, 1.807) is 0 Å². The normalized spacial score (nSPS) is 33.8. The first-order valence-electron chi connectivity index (χ1n) is 5.56.